The molecule has 0 unspecified atom stereocenters. The van der Waals surface area contributed by atoms with Gasteiger partial charge in [-0.15, -0.1) is 0 Å². The van der Waals surface area contributed by atoms with E-state index >= 15 is 0 Å². The first kappa shape index (κ1) is 13.5. The maximum absolute atomic E-state index is 12.0. The van der Waals surface area contributed by atoms with Crippen LogP contribution in [0, 0.1) is 4.64 Å². The van der Waals surface area contributed by atoms with E-state index in [1.54, 1.807) is 20.4 Å². The van der Waals surface area contributed by atoms with Crippen molar-refractivity contribution in [2.75, 3.05) is 0 Å². The molecule has 0 N–H and O–H groups in total. The Morgan fingerprint density at radius 3 is 2.52 bits per heavy atom. The Morgan fingerprint density at radius 2 is 1.86 bits per heavy atom. The van der Waals surface area contributed by atoms with E-state index in [-0.39, 0.29) is 5.69 Å². The van der Waals surface area contributed by atoms with Gasteiger partial charge < -0.3 is 0 Å². The molecule has 2 aromatic heterocycles. The van der Waals surface area contributed by atoms with Gasteiger partial charge >= 0.3 is 5.69 Å². The number of aromatic nitrogens is 4. The fraction of sp³-hybridized carbons (Fsp3) is 0.133. The molecule has 0 atom stereocenters. The van der Waals surface area contributed by atoms with Crippen LogP contribution in [0.25, 0.3) is 16.9 Å². The lowest BCUT2D eigenvalue weighted by Crippen LogP contribution is -2.28. The number of nitrogens with zero attached hydrogens (tertiary/aromatic N) is 4. The number of aryl methyl sites for hydroxylation is 1. The Kier molecular flexibility index (Phi) is 3.10. The van der Waals surface area contributed by atoms with Crippen LogP contribution in [-0.4, -0.2) is 18.7 Å². The lowest BCUT2D eigenvalue weighted by molar-refractivity contribution is 0.720. The zero-order valence-electron chi connectivity index (χ0n) is 11.8. The zero-order valence-corrected chi connectivity index (χ0v) is 12.6. The van der Waals surface area contributed by atoms with Crippen LogP contribution in [0.15, 0.2) is 48.0 Å². The molecule has 0 amide bonds. The Hall–Kier alpha value is -2.47. The predicted octanol–water partition coefficient (Wildman–Crippen LogP) is 2.32. The normalized spacial score (nSPS) is 11.0. The molecule has 106 valence electrons. The number of hydrogen-bond donors (Lipinski definition) is 0. The second-order valence-corrected chi connectivity index (χ2v) is 5.19. The highest BCUT2D eigenvalue weighted by Gasteiger charge is 2.14. The molecule has 0 radical (unpaired) electrons. The predicted molar refractivity (Wildman–Crippen MR) is 85.7 cm³/mol. The molecule has 3 aromatic rings. The molecule has 3 rings (SSSR count). The van der Waals surface area contributed by atoms with Crippen LogP contribution in [0.1, 0.15) is 5.56 Å². The van der Waals surface area contributed by atoms with Crippen LogP contribution in [0.2, 0.25) is 0 Å². The molecule has 21 heavy (non-hydrogen) atoms. The SMILES string of the molecule is C=C(c1ccccc1)n1cnc2c1c(=S)n(C)c(=O)n2C. The highest BCUT2D eigenvalue weighted by molar-refractivity contribution is 7.71. The van der Waals surface area contributed by atoms with E-state index in [4.69, 9.17) is 12.2 Å². The molecular formula is C15H14N4OS. The Balaban J connectivity index is 2.34. The number of imidazole rings is 1. The van der Waals surface area contributed by atoms with Crippen LogP contribution >= 0.6 is 12.2 Å². The number of fused-ring (bicyclic) bond motifs is 1. The monoisotopic (exact) mass is 298 g/mol. The van der Waals surface area contributed by atoms with Gasteiger partial charge in [0.1, 0.15) is 16.5 Å². The van der Waals surface area contributed by atoms with Crippen LogP contribution in [0.5, 0.6) is 0 Å². The minimum Gasteiger partial charge on any atom is -0.295 e. The van der Waals surface area contributed by atoms with Crippen molar-refractivity contribution in [3.05, 3.63) is 63.9 Å². The van der Waals surface area contributed by atoms with Crippen molar-refractivity contribution in [1.29, 1.82) is 0 Å². The quantitative estimate of drug-likeness (QED) is 0.682. The summed E-state index contributed by atoms with van der Waals surface area (Å²) in [7, 11) is 3.34. The van der Waals surface area contributed by atoms with E-state index in [9.17, 15) is 4.79 Å². The summed E-state index contributed by atoms with van der Waals surface area (Å²) in [5, 5.41) is 0. The fourth-order valence-corrected chi connectivity index (χ4v) is 2.59. The largest absolute Gasteiger partial charge is 0.330 e. The van der Waals surface area contributed by atoms with E-state index in [1.807, 2.05) is 34.9 Å². The standard InChI is InChI=1S/C15H14N4OS/c1-10(11-7-5-4-6-8-11)19-9-16-13-12(19)14(21)18(3)15(20)17(13)2/h4-9H,1H2,2-3H3. The van der Waals surface area contributed by atoms with Crippen molar-refractivity contribution in [3.8, 4) is 0 Å². The molecule has 1 aromatic carbocycles. The Bertz CT molecular complexity index is 963. The van der Waals surface area contributed by atoms with Crippen molar-refractivity contribution in [3.63, 3.8) is 0 Å². The van der Waals surface area contributed by atoms with Gasteiger partial charge in [-0.1, -0.05) is 49.1 Å². The maximum Gasteiger partial charge on any atom is 0.330 e. The van der Waals surface area contributed by atoms with Gasteiger partial charge in [0, 0.05) is 19.8 Å². The fourth-order valence-electron chi connectivity index (χ4n) is 2.32. The summed E-state index contributed by atoms with van der Waals surface area (Å²) in [6.07, 6.45) is 1.65. The summed E-state index contributed by atoms with van der Waals surface area (Å²) < 4.78 is 5.20. The van der Waals surface area contributed by atoms with Crippen molar-refractivity contribution in [2.45, 2.75) is 0 Å². The maximum atomic E-state index is 12.0. The second kappa shape index (κ2) is 4.82. The first-order valence-corrected chi connectivity index (χ1v) is 6.81. The van der Waals surface area contributed by atoms with Crippen LogP contribution in [0.3, 0.4) is 0 Å². The summed E-state index contributed by atoms with van der Waals surface area (Å²) >= 11 is 5.40. The number of hydrogen-bond acceptors (Lipinski definition) is 3. The van der Waals surface area contributed by atoms with Gasteiger partial charge in [-0.25, -0.2) is 9.78 Å². The summed E-state index contributed by atoms with van der Waals surface area (Å²) in [4.78, 5) is 16.4. The number of benzene rings is 1. The van der Waals surface area contributed by atoms with Gasteiger partial charge in [-0.2, -0.15) is 0 Å². The lowest BCUT2D eigenvalue weighted by Gasteiger charge is -2.10. The van der Waals surface area contributed by atoms with Crippen molar-refractivity contribution >= 4 is 29.1 Å². The summed E-state index contributed by atoms with van der Waals surface area (Å²) in [6.45, 7) is 4.12. The first-order valence-electron chi connectivity index (χ1n) is 6.40. The van der Waals surface area contributed by atoms with Gasteiger partial charge in [0.25, 0.3) is 0 Å². The molecule has 0 aliphatic carbocycles. The topological polar surface area (TPSA) is 44.8 Å². The van der Waals surface area contributed by atoms with Gasteiger partial charge in [0.05, 0.1) is 0 Å². The summed E-state index contributed by atoms with van der Waals surface area (Å²) in [5.41, 5.74) is 2.82. The first-order chi connectivity index (χ1) is 10.0. The van der Waals surface area contributed by atoms with Gasteiger partial charge in [-0.3, -0.25) is 13.7 Å². The molecule has 6 heteroatoms. The molecule has 0 aliphatic rings. The third-order valence-electron chi connectivity index (χ3n) is 3.54. The van der Waals surface area contributed by atoms with Crippen molar-refractivity contribution in [1.82, 2.24) is 18.7 Å². The molecule has 0 spiro atoms. The average Bonchev–Trinajstić information content (AvgIpc) is 2.96. The highest BCUT2D eigenvalue weighted by Crippen LogP contribution is 2.21. The van der Waals surface area contributed by atoms with Gasteiger partial charge in [0.2, 0.25) is 0 Å². The van der Waals surface area contributed by atoms with Crippen molar-refractivity contribution < 1.29 is 0 Å². The number of rotatable bonds is 2. The van der Waals surface area contributed by atoms with E-state index in [2.05, 4.69) is 11.6 Å². The third-order valence-corrected chi connectivity index (χ3v) is 4.01. The van der Waals surface area contributed by atoms with E-state index in [0.717, 1.165) is 11.3 Å². The van der Waals surface area contributed by atoms with E-state index in [0.29, 0.717) is 15.8 Å². The Labute approximate surface area is 126 Å². The van der Waals surface area contributed by atoms with Crippen LogP contribution in [0.4, 0.5) is 0 Å². The molecule has 5 nitrogen and oxygen atoms in total. The third kappa shape index (κ3) is 1.95. The molecule has 0 bridgehead atoms. The molecule has 0 aliphatic heterocycles. The van der Waals surface area contributed by atoms with Crippen LogP contribution in [-0.2, 0) is 14.1 Å². The van der Waals surface area contributed by atoms with Gasteiger partial charge in [0.15, 0.2) is 5.65 Å². The van der Waals surface area contributed by atoms with Gasteiger partial charge in [-0.05, 0) is 5.56 Å². The average molecular weight is 298 g/mol. The Morgan fingerprint density at radius 1 is 1.19 bits per heavy atom. The smallest absolute Gasteiger partial charge is 0.295 e. The van der Waals surface area contributed by atoms with E-state index in [1.165, 1.54) is 9.13 Å². The summed E-state index contributed by atoms with van der Waals surface area (Å²) in [6, 6.07) is 9.79. The minimum atomic E-state index is -0.192. The highest BCUT2D eigenvalue weighted by atomic mass is 32.1. The zero-order chi connectivity index (χ0) is 15.1. The molecule has 0 fully saturated rings. The minimum absolute atomic E-state index is 0.192. The molecular weight excluding hydrogens is 284 g/mol. The summed E-state index contributed by atoms with van der Waals surface area (Å²) in [5.74, 6) is 0. The van der Waals surface area contributed by atoms with Crippen LogP contribution < -0.4 is 5.69 Å². The van der Waals surface area contributed by atoms with E-state index < -0.39 is 0 Å². The molecule has 2 heterocycles. The molecule has 0 saturated carbocycles. The second-order valence-electron chi connectivity index (χ2n) is 4.81. The van der Waals surface area contributed by atoms with Crippen molar-refractivity contribution in [2.24, 2.45) is 14.1 Å². The lowest BCUT2D eigenvalue weighted by atomic mass is 10.2. The molecule has 0 saturated heterocycles.